The Bertz CT molecular complexity index is 660. The van der Waals surface area contributed by atoms with Crippen molar-refractivity contribution in [3.63, 3.8) is 0 Å². The van der Waals surface area contributed by atoms with Crippen molar-refractivity contribution in [3.05, 3.63) is 35.4 Å². The van der Waals surface area contributed by atoms with Gasteiger partial charge in [-0.15, -0.1) is 0 Å². The van der Waals surface area contributed by atoms with Crippen LogP contribution in [0.2, 0.25) is 0 Å². The maximum atomic E-state index is 13.1. The van der Waals surface area contributed by atoms with E-state index in [4.69, 9.17) is 4.74 Å². The second-order valence-electron chi connectivity index (χ2n) is 6.85. The van der Waals surface area contributed by atoms with Gasteiger partial charge < -0.3 is 4.74 Å². The summed E-state index contributed by atoms with van der Waals surface area (Å²) in [5.74, 6) is 2.01. The van der Waals surface area contributed by atoms with Crippen molar-refractivity contribution in [2.45, 2.75) is 25.1 Å². The van der Waals surface area contributed by atoms with Gasteiger partial charge in [-0.25, -0.2) is 8.42 Å². The molecular formula is C18H28N2O3S2. The first-order chi connectivity index (χ1) is 12.0. The minimum absolute atomic E-state index is 0.0559. The summed E-state index contributed by atoms with van der Waals surface area (Å²) in [5, 5.41) is 0. The molecule has 0 unspecified atom stereocenters. The van der Waals surface area contributed by atoms with E-state index >= 15 is 0 Å². The van der Waals surface area contributed by atoms with Crippen molar-refractivity contribution in [1.82, 2.24) is 9.21 Å². The molecule has 0 saturated carbocycles. The molecule has 0 N–H and O–H groups in total. The Morgan fingerprint density at radius 1 is 1.24 bits per heavy atom. The number of ether oxygens (including phenoxy) is 1. The molecule has 2 aliphatic heterocycles. The van der Waals surface area contributed by atoms with Gasteiger partial charge in [0.1, 0.15) is 0 Å². The molecule has 0 aromatic heterocycles. The van der Waals surface area contributed by atoms with Gasteiger partial charge in [0, 0.05) is 38.0 Å². The summed E-state index contributed by atoms with van der Waals surface area (Å²) in [4.78, 5) is 2.34. The number of hydrogen-bond donors (Lipinski definition) is 0. The summed E-state index contributed by atoms with van der Waals surface area (Å²) in [7, 11) is -3.31. The monoisotopic (exact) mass is 384 g/mol. The van der Waals surface area contributed by atoms with Gasteiger partial charge in [0.05, 0.1) is 19.0 Å². The summed E-state index contributed by atoms with van der Waals surface area (Å²) in [6, 6.07) is 7.87. The van der Waals surface area contributed by atoms with Crippen LogP contribution in [0.25, 0.3) is 0 Å². The van der Waals surface area contributed by atoms with Crippen molar-refractivity contribution in [2.75, 3.05) is 50.9 Å². The van der Waals surface area contributed by atoms with Crippen LogP contribution < -0.4 is 0 Å². The van der Waals surface area contributed by atoms with Crippen LogP contribution >= 0.6 is 11.8 Å². The number of benzene rings is 1. The molecule has 2 saturated heterocycles. The second-order valence-corrected chi connectivity index (χ2v) is 9.92. The Balaban J connectivity index is 1.74. The Morgan fingerprint density at radius 2 is 2.04 bits per heavy atom. The van der Waals surface area contributed by atoms with Crippen LogP contribution in [0.3, 0.4) is 0 Å². The minimum atomic E-state index is -3.31. The number of nitrogens with zero attached hydrogens (tertiary/aromatic N) is 2. The van der Waals surface area contributed by atoms with Crippen LogP contribution in [0, 0.1) is 6.92 Å². The van der Waals surface area contributed by atoms with Crippen molar-refractivity contribution in [3.8, 4) is 0 Å². The Hall–Kier alpha value is -0.600. The highest BCUT2D eigenvalue weighted by molar-refractivity contribution is 7.99. The van der Waals surface area contributed by atoms with E-state index in [9.17, 15) is 8.42 Å². The molecule has 0 aliphatic carbocycles. The number of hydrogen-bond acceptors (Lipinski definition) is 5. The second kappa shape index (κ2) is 8.86. The molecule has 2 heterocycles. The zero-order valence-corrected chi connectivity index (χ0v) is 16.5. The van der Waals surface area contributed by atoms with Gasteiger partial charge >= 0.3 is 0 Å². The number of thioether (sulfide) groups is 1. The Morgan fingerprint density at radius 3 is 2.80 bits per heavy atom. The van der Waals surface area contributed by atoms with E-state index in [1.807, 2.05) is 43.0 Å². The summed E-state index contributed by atoms with van der Waals surface area (Å²) in [6.07, 6.45) is 0.928. The first-order valence-corrected chi connectivity index (χ1v) is 11.7. The van der Waals surface area contributed by atoms with Crippen LogP contribution in [-0.2, 0) is 20.5 Å². The fourth-order valence-corrected chi connectivity index (χ4v) is 6.42. The SMILES string of the molecule is Cc1cccc(CS(=O)(=O)N2CCCSC[C@H]2CN2CCOCC2)c1. The van der Waals surface area contributed by atoms with Gasteiger partial charge in [-0.3, -0.25) is 4.90 Å². The average Bonchev–Trinajstić information content (AvgIpc) is 2.81. The molecule has 0 bridgehead atoms. The van der Waals surface area contributed by atoms with Gasteiger partial charge in [-0.2, -0.15) is 16.1 Å². The molecule has 25 heavy (non-hydrogen) atoms. The fourth-order valence-electron chi connectivity index (χ4n) is 3.49. The van der Waals surface area contributed by atoms with Gasteiger partial charge in [0.25, 0.3) is 0 Å². The van der Waals surface area contributed by atoms with Crippen LogP contribution in [0.15, 0.2) is 24.3 Å². The molecule has 3 rings (SSSR count). The standard InChI is InChI=1S/C18H28N2O3S2/c1-16-4-2-5-17(12-16)15-25(21,22)20-6-3-11-24-14-18(20)13-19-7-9-23-10-8-19/h2,4-5,12,18H,3,6-11,13-15H2,1H3/t18-/m1/s1. The Kier molecular flexibility index (Phi) is 6.79. The molecule has 0 spiro atoms. The maximum absolute atomic E-state index is 13.1. The smallest absolute Gasteiger partial charge is 0.218 e. The average molecular weight is 385 g/mol. The maximum Gasteiger partial charge on any atom is 0.218 e. The first kappa shape index (κ1) is 19.2. The fraction of sp³-hybridized carbons (Fsp3) is 0.667. The normalized spacial score (nSPS) is 24.1. The van der Waals surface area contributed by atoms with E-state index in [1.54, 1.807) is 4.31 Å². The zero-order valence-electron chi connectivity index (χ0n) is 14.9. The third-order valence-corrected chi connectivity index (χ3v) is 7.84. The minimum Gasteiger partial charge on any atom is -0.379 e. The van der Waals surface area contributed by atoms with E-state index in [2.05, 4.69) is 4.90 Å². The summed E-state index contributed by atoms with van der Waals surface area (Å²) in [6.45, 7) is 6.73. The predicted molar refractivity (Wildman–Crippen MR) is 103 cm³/mol. The lowest BCUT2D eigenvalue weighted by atomic mass is 10.2. The number of morpholine rings is 1. The topological polar surface area (TPSA) is 49.9 Å². The zero-order chi connectivity index (χ0) is 17.7. The molecule has 1 atom stereocenters. The van der Waals surface area contributed by atoms with Crippen LogP contribution in [0.5, 0.6) is 0 Å². The lowest BCUT2D eigenvalue weighted by Gasteiger charge is -2.35. The highest BCUT2D eigenvalue weighted by Gasteiger charge is 2.33. The van der Waals surface area contributed by atoms with Crippen molar-refractivity contribution in [2.24, 2.45) is 0 Å². The van der Waals surface area contributed by atoms with E-state index in [-0.39, 0.29) is 11.8 Å². The predicted octanol–water partition coefficient (Wildman–Crippen LogP) is 1.96. The molecule has 2 fully saturated rings. The molecule has 2 aliphatic rings. The van der Waals surface area contributed by atoms with Crippen LogP contribution in [-0.4, -0.2) is 74.6 Å². The summed E-state index contributed by atoms with van der Waals surface area (Å²) in [5.41, 5.74) is 1.98. The summed E-state index contributed by atoms with van der Waals surface area (Å²) >= 11 is 1.88. The molecule has 0 amide bonds. The number of rotatable bonds is 5. The van der Waals surface area contributed by atoms with E-state index in [0.29, 0.717) is 6.54 Å². The lowest BCUT2D eigenvalue weighted by molar-refractivity contribution is 0.0309. The largest absolute Gasteiger partial charge is 0.379 e. The van der Waals surface area contributed by atoms with E-state index in [1.165, 1.54) is 0 Å². The van der Waals surface area contributed by atoms with E-state index < -0.39 is 10.0 Å². The van der Waals surface area contributed by atoms with E-state index in [0.717, 1.165) is 61.9 Å². The third-order valence-electron chi connectivity index (χ3n) is 4.75. The van der Waals surface area contributed by atoms with Gasteiger partial charge in [0.15, 0.2) is 0 Å². The Labute approximate surface area is 155 Å². The molecule has 1 aromatic rings. The van der Waals surface area contributed by atoms with Gasteiger partial charge in [-0.05, 0) is 24.7 Å². The lowest BCUT2D eigenvalue weighted by Crippen LogP contribution is -2.50. The van der Waals surface area contributed by atoms with Crippen LogP contribution in [0.4, 0.5) is 0 Å². The number of sulfonamides is 1. The van der Waals surface area contributed by atoms with Crippen LogP contribution in [0.1, 0.15) is 17.5 Å². The van der Waals surface area contributed by atoms with Crippen molar-refractivity contribution >= 4 is 21.8 Å². The molecular weight excluding hydrogens is 356 g/mol. The molecule has 140 valence electrons. The van der Waals surface area contributed by atoms with Crippen molar-refractivity contribution < 1.29 is 13.2 Å². The van der Waals surface area contributed by atoms with Gasteiger partial charge in [0.2, 0.25) is 10.0 Å². The summed E-state index contributed by atoms with van der Waals surface area (Å²) < 4.78 is 33.5. The third kappa shape index (κ3) is 5.44. The molecule has 5 nitrogen and oxygen atoms in total. The molecule has 1 aromatic carbocycles. The molecule has 7 heteroatoms. The highest BCUT2D eigenvalue weighted by Crippen LogP contribution is 2.23. The van der Waals surface area contributed by atoms with Gasteiger partial charge in [-0.1, -0.05) is 29.8 Å². The molecule has 0 radical (unpaired) electrons. The first-order valence-electron chi connectivity index (χ1n) is 8.97. The highest BCUT2D eigenvalue weighted by atomic mass is 32.2. The quantitative estimate of drug-likeness (QED) is 0.777. The number of aryl methyl sites for hydroxylation is 1. The van der Waals surface area contributed by atoms with Crippen molar-refractivity contribution in [1.29, 1.82) is 0 Å².